The van der Waals surface area contributed by atoms with Gasteiger partial charge in [-0.3, -0.25) is 0 Å². The van der Waals surface area contributed by atoms with Crippen molar-refractivity contribution < 1.29 is 4.74 Å². The Kier molecular flexibility index (Phi) is 4.16. The van der Waals surface area contributed by atoms with E-state index < -0.39 is 0 Å². The standard InChI is InChI=1S/C16H26N2O/c1-12-5-6-15(13(2)9-12)18(4)16(11-17)7-8-19-14(3)10-16/h5-6,9,14H,7-8,10-11,17H2,1-4H3. The summed E-state index contributed by atoms with van der Waals surface area (Å²) in [5.41, 5.74) is 10.0. The lowest BCUT2D eigenvalue weighted by atomic mass is 9.84. The van der Waals surface area contributed by atoms with Crippen molar-refractivity contribution in [2.75, 3.05) is 25.1 Å². The molecule has 0 spiro atoms. The Labute approximate surface area is 116 Å². The number of benzene rings is 1. The predicted octanol–water partition coefficient (Wildman–Crippen LogP) is 2.64. The first kappa shape index (κ1) is 14.4. The fourth-order valence-corrected chi connectivity index (χ4v) is 3.21. The first-order valence-corrected chi connectivity index (χ1v) is 7.11. The van der Waals surface area contributed by atoms with Gasteiger partial charge in [-0.1, -0.05) is 17.7 Å². The van der Waals surface area contributed by atoms with Crippen LogP contribution in [0.5, 0.6) is 0 Å². The van der Waals surface area contributed by atoms with Gasteiger partial charge in [-0.25, -0.2) is 0 Å². The van der Waals surface area contributed by atoms with E-state index in [4.69, 9.17) is 10.5 Å². The van der Waals surface area contributed by atoms with Gasteiger partial charge in [0.1, 0.15) is 0 Å². The Hall–Kier alpha value is -1.06. The van der Waals surface area contributed by atoms with Gasteiger partial charge in [0.25, 0.3) is 0 Å². The molecule has 0 saturated carbocycles. The quantitative estimate of drug-likeness (QED) is 0.910. The minimum Gasteiger partial charge on any atom is -0.378 e. The highest BCUT2D eigenvalue weighted by Crippen LogP contribution is 2.34. The van der Waals surface area contributed by atoms with Gasteiger partial charge in [-0.2, -0.15) is 0 Å². The summed E-state index contributed by atoms with van der Waals surface area (Å²) in [5, 5.41) is 0. The molecule has 2 atom stereocenters. The first-order chi connectivity index (χ1) is 8.98. The molecule has 2 rings (SSSR count). The van der Waals surface area contributed by atoms with Crippen LogP contribution >= 0.6 is 0 Å². The molecular weight excluding hydrogens is 236 g/mol. The highest BCUT2D eigenvalue weighted by molar-refractivity contribution is 5.56. The highest BCUT2D eigenvalue weighted by Gasteiger charge is 2.38. The zero-order valence-corrected chi connectivity index (χ0v) is 12.6. The molecule has 0 amide bonds. The van der Waals surface area contributed by atoms with E-state index in [9.17, 15) is 0 Å². The van der Waals surface area contributed by atoms with Crippen molar-refractivity contribution in [3.05, 3.63) is 29.3 Å². The van der Waals surface area contributed by atoms with E-state index in [0.717, 1.165) is 19.4 Å². The fraction of sp³-hybridized carbons (Fsp3) is 0.625. The van der Waals surface area contributed by atoms with Crippen molar-refractivity contribution in [2.24, 2.45) is 5.73 Å². The Balaban J connectivity index is 2.32. The molecule has 19 heavy (non-hydrogen) atoms. The van der Waals surface area contributed by atoms with Crippen LogP contribution in [0.1, 0.15) is 30.9 Å². The average Bonchev–Trinajstić information content (AvgIpc) is 2.38. The maximum atomic E-state index is 6.12. The second-order valence-corrected chi connectivity index (χ2v) is 5.91. The highest BCUT2D eigenvalue weighted by atomic mass is 16.5. The molecule has 1 aliphatic rings. The normalized spacial score (nSPS) is 27.3. The molecule has 0 bridgehead atoms. The van der Waals surface area contributed by atoms with E-state index in [0.29, 0.717) is 6.54 Å². The zero-order chi connectivity index (χ0) is 14.0. The van der Waals surface area contributed by atoms with Crippen molar-refractivity contribution in [1.29, 1.82) is 0 Å². The molecule has 1 aliphatic heterocycles. The molecule has 0 radical (unpaired) electrons. The van der Waals surface area contributed by atoms with Crippen molar-refractivity contribution in [3.8, 4) is 0 Å². The van der Waals surface area contributed by atoms with E-state index in [1.165, 1.54) is 16.8 Å². The second kappa shape index (κ2) is 5.51. The summed E-state index contributed by atoms with van der Waals surface area (Å²) >= 11 is 0. The van der Waals surface area contributed by atoms with Crippen molar-refractivity contribution in [3.63, 3.8) is 0 Å². The average molecular weight is 262 g/mol. The summed E-state index contributed by atoms with van der Waals surface area (Å²) in [5.74, 6) is 0. The number of nitrogens with two attached hydrogens (primary N) is 1. The lowest BCUT2D eigenvalue weighted by Crippen LogP contribution is -2.57. The van der Waals surface area contributed by atoms with E-state index >= 15 is 0 Å². The second-order valence-electron chi connectivity index (χ2n) is 5.91. The number of anilines is 1. The predicted molar refractivity (Wildman–Crippen MR) is 80.8 cm³/mol. The minimum atomic E-state index is 0.0255. The molecule has 1 aromatic rings. The van der Waals surface area contributed by atoms with Crippen molar-refractivity contribution in [2.45, 2.75) is 45.3 Å². The molecule has 0 aromatic heterocycles. The summed E-state index contributed by atoms with van der Waals surface area (Å²) in [6.45, 7) is 7.91. The monoisotopic (exact) mass is 262 g/mol. The Morgan fingerprint density at radius 1 is 1.42 bits per heavy atom. The molecule has 1 fully saturated rings. The van der Waals surface area contributed by atoms with E-state index in [2.05, 4.69) is 50.9 Å². The van der Waals surface area contributed by atoms with Gasteiger partial charge in [0.2, 0.25) is 0 Å². The molecule has 1 saturated heterocycles. The van der Waals surface area contributed by atoms with E-state index in [-0.39, 0.29) is 11.6 Å². The number of aryl methyl sites for hydroxylation is 2. The topological polar surface area (TPSA) is 38.5 Å². The maximum Gasteiger partial charge on any atom is 0.0569 e. The summed E-state index contributed by atoms with van der Waals surface area (Å²) in [6, 6.07) is 6.62. The molecule has 106 valence electrons. The van der Waals surface area contributed by atoms with Gasteiger partial charge >= 0.3 is 0 Å². The first-order valence-electron chi connectivity index (χ1n) is 7.11. The van der Waals surface area contributed by atoms with Gasteiger partial charge < -0.3 is 15.4 Å². The van der Waals surface area contributed by atoms with Crippen LogP contribution in [0, 0.1) is 13.8 Å². The van der Waals surface area contributed by atoms with E-state index in [1.54, 1.807) is 0 Å². The smallest absolute Gasteiger partial charge is 0.0569 e. The minimum absolute atomic E-state index is 0.0255. The molecule has 2 N–H and O–H groups in total. The van der Waals surface area contributed by atoms with Crippen LogP contribution in [0.3, 0.4) is 0 Å². The number of rotatable bonds is 3. The number of likely N-dealkylation sites (N-methyl/N-ethyl adjacent to an activating group) is 1. The number of hydrogen-bond acceptors (Lipinski definition) is 3. The van der Waals surface area contributed by atoms with Gasteiger partial charge in [0, 0.05) is 25.9 Å². The van der Waals surface area contributed by atoms with Gasteiger partial charge in [-0.15, -0.1) is 0 Å². The van der Waals surface area contributed by atoms with Crippen LogP contribution in [0.15, 0.2) is 18.2 Å². The van der Waals surface area contributed by atoms with Crippen molar-refractivity contribution in [1.82, 2.24) is 0 Å². The third kappa shape index (κ3) is 2.77. The number of hydrogen-bond donors (Lipinski definition) is 1. The summed E-state index contributed by atoms with van der Waals surface area (Å²) in [6.07, 6.45) is 2.27. The Morgan fingerprint density at radius 3 is 2.74 bits per heavy atom. The van der Waals surface area contributed by atoms with Gasteiger partial charge in [0.05, 0.1) is 11.6 Å². The third-order valence-corrected chi connectivity index (χ3v) is 4.44. The maximum absolute atomic E-state index is 6.12. The molecule has 3 heteroatoms. The summed E-state index contributed by atoms with van der Waals surface area (Å²) < 4.78 is 5.69. The molecule has 1 aromatic carbocycles. The van der Waals surface area contributed by atoms with Crippen LogP contribution in [0.25, 0.3) is 0 Å². The molecule has 2 unspecified atom stereocenters. The summed E-state index contributed by atoms with van der Waals surface area (Å²) in [7, 11) is 2.17. The van der Waals surface area contributed by atoms with Crippen LogP contribution in [0.2, 0.25) is 0 Å². The van der Waals surface area contributed by atoms with Crippen LogP contribution in [0.4, 0.5) is 5.69 Å². The van der Waals surface area contributed by atoms with Crippen LogP contribution in [-0.4, -0.2) is 31.8 Å². The van der Waals surface area contributed by atoms with E-state index in [1.807, 2.05) is 0 Å². The molecule has 1 heterocycles. The largest absolute Gasteiger partial charge is 0.378 e. The zero-order valence-electron chi connectivity index (χ0n) is 12.6. The van der Waals surface area contributed by atoms with Crippen LogP contribution in [-0.2, 0) is 4.74 Å². The number of ether oxygens (including phenoxy) is 1. The fourth-order valence-electron chi connectivity index (χ4n) is 3.21. The van der Waals surface area contributed by atoms with Crippen molar-refractivity contribution >= 4 is 5.69 Å². The SMILES string of the molecule is Cc1ccc(N(C)C2(CN)CCOC(C)C2)c(C)c1. The summed E-state index contributed by atoms with van der Waals surface area (Å²) in [4.78, 5) is 2.38. The molecular formula is C16H26N2O. The lowest BCUT2D eigenvalue weighted by Gasteiger charge is -2.47. The van der Waals surface area contributed by atoms with Gasteiger partial charge in [0.15, 0.2) is 0 Å². The molecule has 0 aliphatic carbocycles. The van der Waals surface area contributed by atoms with Gasteiger partial charge in [-0.05, 0) is 45.2 Å². The lowest BCUT2D eigenvalue weighted by molar-refractivity contribution is -0.00640. The third-order valence-electron chi connectivity index (χ3n) is 4.44. The Morgan fingerprint density at radius 2 is 2.16 bits per heavy atom. The van der Waals surface area contributed by atoms with Crippen LogP contribution < -0.4 is 10.6 Å². The molecule has 3 nitrogen and oxygen atoms in total. The number of nitrogens with zero attached hydrogens (tertiary/aromatic N) is 1. The Bertz CT molecular complexity index is 446.